The second-order valence-electron chi connectivity index (χ2n) is 8.88. The molecule has 11 heteroatoms. The molecule has 2 amide bonds. The second kappa shape index (κ2) is 8.46. The average molecular weight is 479 g/mol. The van der Waals surface area contributed by atoms with Crippen molar-refractivity contribution in [2.45, 2.75) is 50.9 Å². The fourth-order valence-electron chi connectivity index (χ4n) is 4.66. The Labute approximate surface area is 192 Å². The van der Waals surface area contributed by atoms with Crippen LogP contribution in [0.5, 0.6) is 5.75 Å². The van der Waals surface area contributed by atoms with E-state index in [2.05, 4.69) is 5.32 Å². The third kappa shape index (κ3) is 3.73. The lowest BCUT2D eigenvalue weighted by molar-refractivity contribution is -0.0462. The van der Waals surface area contributed by atoms with Crippen molar-refractivity contribution in [2.75, 3.05) is 13.7 Å². The van der Waals surface area contributed by atoms with Crippen molar-refractivity contribution < 1.29 is 32.6 Å². The van der Waals surface area contributed by atoms with Gasteiger partial charge in [-0.15, -0.1) is 0 Å². The number of halogens is 3. The standard InChI is InChI=1S/C23H24F3N3O5/c1-11-4-5-23(2,34-3)17-10-28(11)22(33)18-20(31)19(30)14(9-29(17)18)21(32)27-8-13-15(25)6-12(24)7-16(13)26/h6-7,9,11,17,31H,4-5,8,10H2,1-3H3,(H,27,32)/t11-,17+,23-/m0/s1. The number of fused-ring (bicyclic) bond motifs is 4. The minimum absolute atomic E-state index is 0.154. The number of pyridine rings is 1. The molecular weight excluding hydrogens is 455 g/mol. The van der Waals surface area contributed by atoms with E-state index < -0.39 is 69.8 Å². The Morgan fingerprint density at radius 1 is 1.26 bits per heavy atom. The summed E-state index contributed by atoms with van der Waals surface area (Å²) in [6.07, 6.45) is 2.38. The van der Waals surface area contributed by atoms with Crippen molar-refractivity contribution in [3.8, 4) is 5.75 Å². The van der Waals surface area contributed by atoms with Gasteiger partial charge in [0.15, 0.2) is 11.4 Å². The normalized spacial score (nSPS) is 23.9. The van der Waals surface area contributed by atoms with Crippen LogP contribution in [-0.4, -0.2) is 51.7 Å². The molecule has 3 heterocycles. The summed E-state index contributed by atoms with van der Waals surface area (Å²) in [6.45, 7) is 3.30. The fraction of sp³-hybridized carbons (Fsp3) is 0.435. The third-order valence-corrected chi connectivity index (χ3v) is 6.92. The van der Waals surface area contributed by atoms with Crippen molar-refractivity contribution in [3.63, 3.8) is 0 Å². The third-order valence-electron chi connectivity index (χ3n) is 6.92. The van der Waals surface area contributed by atoms with Crippen molar-refractivity contribution in [2.24, 2.45) is 0 Å². The number of methoxy groups -OCH3 is 1. The number of hydrogen-bond donors (Lipinski definition) is 2. The molecule has 2 N–H and O–H groups in total. The van der Waals surface area contributed by atoms with Gasteiger partial charge in [0.25, 0.3) is 11.8 Å². The molecule has 0 radical (unpaired) electrons. The van der Waals surface area contributed by atoms with E-state index in [0.29, 0.717) is 25.0 Å². The van der Waals surface area contributed by atoms with Crippen LogP contribution in [0.25, 0.3) is 0 Å². The van der Waals surface area contributed by atoms with Crippen LogP contribution in [0.3, 0.4) is 0 Å². The van der Waals surface area contributed by atoms with Crippen LogP contribution in [0.1, 0.15) is 59.1 Å². The van der Waals surface area contributed by atoms with Gasteiger partial charge in [-0.05, 0) is 26.7 Å². The monoisotopic (exact) mass is 479 g/mol. The average Bonchev–Trinajstić information content (AvgIpc) is 2.89. The molecule has 0 spiro atoms. The first-order valence-electron chi connectivity index (χ1n) is 10.7. The minimum atomic E-state index is -1.20. The molecule has 2 bridgehead atoms. The lowest BCUT2D eigenvalue weighted by atomic mass is 9.90. The number of rotatable bonds is 4. The van der Waals surface area contributed by atoms with E-state index in [4.69, 9.17) is 4.74 Å². The van der Waals surface area contributed by atoms with Crippen LogP contribution in [0.4, 0.5) is 13.2 Å². The van der Waals surface area contributed by atoms with E-state index in [1.54, 1.807) is 4.90 Å². The van der Waals surface area contributed by atoms with E-state index in [9.17, 15) is 32.7 Å². The highest BCUT2D eigenvalue weighted by Gasteiger charge is 2.47. The summed E-state index contributed by atoms with van der Waals surface area (Å²) in [5, 5.41) is 12.9. The Balaban J connectivity index is 1.75. The van der Waals surface area contributed by atoms with Gasteiger partial charge in [0, 0.05) is 50.1 Å². The number of carbonyl (C=O) groups is 2. The quantitative estimate of drug-likeness (QED) is 0.702. The molecular formula is C23H24F3N3O5. The van der Waals surface area contributed by atoms with Crippen molar-refractivity contribution in [1.29, 1.82) is 0 Å². The first kappa shape index (κ1) is 23.8. The van der Waals surface area contributed by atoms with E-state index in [0.717, 1.165) is 6.20 Å². The maximum absolute atomic E-state index is 13.9. The van der Waals surface area contributed by atoms with E-state index in [1.165, 1.54) is 11.7 Å². The highest BCUT2D eigenvalue weighted by molar-refractivity contribution is 5.99. The summed E-state index contributed by atoms with van der Waals surface area (Å²) in [5.74, 6) is -5.95. The predicted molar refractivity (Wildman–Crippen MR) is 114 cm³/mol. The summed E-state index contributed by atoms with van der Waals surface area (Å²) >= 11 is 0. The Morgan fingerprint density at radius 3 is 2.53 bits per heavy atom. The first-order chi connectivity index (χ1) is 16.0. The zero-order valence-electron chi connectivity index (χ0n) is 18.8. The van der Waals surface area contributed by atoms with E-state index >= 15 is 0 Å². The largest absolute Gasteiger partial charge is 0.503 e. The Morgan fingerprint density at radius 2 is 1.91 bits per heavy atom. The zero-order valence-corrected chi connectivity index (χ0v) is 18.8. The van der Waals surface area contributed by atoms with Crippen molar-refractivity contribution in [1.82, 2.24) is 14.8 Å². The highest BCUT2D eigenvalue weighted by atomic mass is 19.1. The summed E-state index contributed by atoms with van der Waals surface area (Å²) in [7, 11) is 1.53. The van der Waals surface area contributed by atoms with Gasteiger partial charge in [0.1, 0.15) is 23.0 Å². The predicted octanol–water partition coefficient (Wildman–Crippen LogP) is 2.49. The van der Waals surface area contributed by atoms with Gasteiger partial charge in [0.2, 0.25) is 5.43 Å². The fourth-order valence-corrected chi connectivity index (χ4v) is 4.66. The van der Waals surface area contributed by atoms with E-state index in [-0.39, 0.29) is 18.3 Å². The first-order valence-corrected chi connectivity index (χ1v) is 10.7. The van der Waals surface area contributed by atoms with Gasteiger partial charge in [0.05, 0.1) is 11.6 Å². The Kier molecular flexibility index (Phi) is 5.92. The summed E-state index contributed by atoms with van der Waals surface area (Å²) in [4.78, 5) is 40.3. The van der Waals surface area contributed by atoms with Crippen LogP contribution in [-0.2, 0) is 11.3 Å². The van der Waals surface area contributed by atoms with Crippen molar-refractivity contribution in [3.05, 3.63) is 62.8 Å². The molecule has 3 atom stereocenters. The number of amides is 2. The molecule has 2 aliphatic rings. The molecule has 0 aliphatic carbocycles. The van der Waals surface area contributed by atoms with Gasteiger partial charge < -0.3 is 24.6 Å². The van der Waals surface area contributed by atoms with Crippen LogP contribution >= 0.6 is 0 Å². The molecule has 4 rings (SSSR count). The minimum Gasteiger partial charge on any atom is -0.503 e. The van der Waals surface area contributed by atoms with Crippen LogP contribution in [0.15, 0.2) is 23.1 Å². The molecule has 1 aromatic heterocycles. The molecule has 1 aromatic carbocycles. The molecule has 2 aromatic rings. The second-order valence-corrected chi connectivity index (χ2v) is 8.88. The topological polar surface area (TPSA) is 101 Å². The molecule has 8 nitrogen and oxygen atoms in total. The summed E-state index contributed by atoms with van der Waals surface area (Å²) in [6, 6.07) is 0.277. The number of benzene rings is 1. The Hall–Kier alpha value is -3.34. The summed E-state index contributed by atoms with van der Waals surface area (Å²) in [5.41, 5.74) is -3.21. The van der Waals surface area contributed by atoms with Crippen LogP contribution in [0.2, 0.25) is 0 Å². The SMILES string of the molecule is CO[C@@]1(C)CC[C@H](C)N2C[C@H]1n1cc(C(=O)NCc3c(F)cc(F)cc3F)c(=O)c(O)c1C2=O. The molecule has 2 aliphatic heterocycles. The molecule has 1 saturated heterocycles. The smallest absolute Gasteiger partial charge is 0.274 e. The number of nitrogens with one attached hydrogen (secondary N) is 1. The lowest BCUT2D eigenvalue weighted by Crippen LogP contribution is -2.52. The number of carbonyl (C=O) groups excluding carboxylic acids is 2. The van der Waals surface area contributed by atoms with E-state index in [1.807, 2.05) is 13.8 Å². The number of aromatic nitrogens is 1. The molecule has 0 saturated carbocycles. The van der Waals surface area contributed by atoms with Gasteiger partial charge in [-0.25, -0.2) is 13.2 Å². The van der Waals surface area contributed by atoms with Crippen LogP contribution in [0, 0.1) is 17.5 Å². The molecule has 1 fully saturated rings. The molecule has 182 valence electrons. The van der Waals surface area contributed by atoms with Crippen molar-refractivity contribution >= 4 is 11.8 Å². The zero-order chi connectivity index (χ0) is 24.9. The van der Waals surface area contributed by atoms with Gasteiger partial charge in [-0.1, -0.05) is 0 Å². The summed E-state index contributed by atoms with van der Waals surface area (Å²) < 4.78 is 48.1. The maximum atomic E-state index is 13.9. The highest BCUT2D eigenvalue weighted by Crippen LogP contribution is 2.41. The van der Waals surface area contributed by atoms with Gasteiger partial charge in [-0.2, -0.15) is 0 Å². The number of nitrogens with zero attached hydrogens (tertiary/aromatic N) is 2. The number of ether oxygens (including phenoxy) is 1. The molecule has 34 heavy (non-hydrogen) atoms. The number of aromatic hydroxyl groups is 1. The lowest BCUT2D eigenvalue weighted by Gasteiger charge is -2.42. The van der Waals surface area contributed by atoms with Crippen LogP contribution < -0.4 is 10.7 Å². The number of hydrogen-bond acceptors (Lipinski definition) is 5. The van der Waals surface area contributed by atoms with Gasteiger partial charge >= 0.3 is 0 Å². The maximum Gasteiger partial charge on any atom is 0.274 e. The molecule has 0 unspecified atom stereocenters. The Bertz CT molecular complexity index is 1220. The van der Waals surface area contributed by atoms with Gasteiger partial charge in [-0.3, -0.25) is 14.4 Å².